The van der Waals surface area contributed by atoms with Crippen LogP contribution in [0, 0.1) is 13.8 Å². The zero-order valence-electron chi connectivity index (χ0n) is 19.4. The fourth-order valence-electron chi connectivity index (χ4n) is 3.90. The molecule has 2 heterocycles. The van der Waals surface area contributed by atoms with E-state index in [1.165, 1.54) is 4.90 Å². The monoisotopic (exact) mass is 445 g/mol. The lowest BCUT2D eigenvalue weighted by molar-refractivity contribution is -0.142. The van der Waals surface area contributed by atoms with Crippen LogP contribution in [0.2, 0.25) is 0 Å². The van der Waals surface area contributed by atoms with Gasteiger partial charge in [-0.1, -0.05) is 12.1 Å². The molecule has 3 amide bonds. The molecule has 2 aliphatic rings. The minimum atomic E-state index is -0.0623. The minimum absolute atomic E-state index is 0.0235. The van der Waals surface area contributed by atoms with Gasteiger partial charge in [-0.2, -0.15) is 0 Å². The molecule has 32 heavy (non-hydrogen) atoms. The Balaban J connectivity index is 1.37. The number of nitrogens with one attached hydrogen (secondary N) is 1. The van der Waals surface area contributed by atoms with E-state index in [4.69, 9.17) is 4.74 Å². The van der Waals surface area contributed by atoms with Crippen molar-refractivity contribution in [3.05, 3.63) is 29.3 Å². The van der Waals surface area contributed by atoms with Crippen molar-refractivity contribution >= 4 is 23.4 Å². The molecule has 2 fully saturated rings. The summed E-state index contributed by atoms with van der Waals surface area (Å²) in [4.78, 5) is 44.8. The van der Waals surface area contributed by atoms with Gasteiger partial charge >= 0.3 is 0 Å². The molecule has 0 radical (unpaired) electrons. The lowest BCUT2D eigenvalue weighted by Crippen LogP contribution is -2.52. The van der Waals surface area contributed by atoms with Crippen LogP contribution < -0.4 is 5.32 Å². The molecule has 0 atom stereocenters. The first-order chi connectivity index (χ1) is 15.3. The zero-order chi connectivity index (χ0) is 23.1. The van der Waals surface area contributed by atoms with Gasteiger partial charge < -0.3 is 19.9 Å². The molecule has 1 N–H and O–H groups in total. The molecule has 0 aromatic heterocycles. The molecule has 0 aliphatic carbocycles. The smallest absolute Gasteiger partial charge is 0.242 e. The highest BCUT2D eigenvalue weighted by Crippen LogP contribution is 2.18. The maximum absolute atomic E-state index is 12.6. The average Bonchev–Trinajstić information content (AvgIpc) is 2.78. The largest absolute Gasteiger partial charge is 0.378 e. The quantitative estimate of drug-likeness (QED) is 0.644. The number of amides is 3. The number of anilines is 1. The van der Waals surface area contributed by atoms with Crippen molar-refractivity contribution in [2.75, 3.05) is 84.5 Å². The number of rotatable bonds is 7. The molecular formula is C23H35N5O4. The van der Waals surface area contributed by atoms with Crippen LogP contribution in [-0.4, -0.2) is 116 Å². The highest BCUT2D eigenvalue weighted by atomic mass is 16.5. The molecular weight excluding hydrogens is 410 g/mol. The second-order valence-electron chi connectivity index (χ2n) is 8.59. The Morgan fingerprint density at radius 2 is 1.59 bits per heavy atom. The lowest BCUT2D eigenvalue weighted by atomic mass is 10.1. The van der Waals surface area contributed by atoms with Crippen molar-refractivity contribution in [2.24, 2.45) is 0 Å². The van der Waals surface area contributed by atoms with Crippen LogP contribution in [-0.2, 0) is 19.1 Å². The van der Waals surface area contributed by atoms with Crippen LogP contribution in [0.4, 0.5) is 5.69 Å². The van der Waals surface area contributed by atoms with Crippen molar-refractivity contribution in [2.45, 2.75) is 13.8 Å². The van der Waals surface area contributed by atoms with E-state index in [1.54, 1.807) is 11.9 Å². The molecule has 9 heteroatoms. The van der Waals surface area contributed by atoms with Gasteiger partial charge in [0.05, 0.1) is 32.8 Å². The first-order valence-corrected chi connectivity index (χ1v) is 11.2. The van der Waals surface area contributed by atoms with Gasteiger partial charge in [0.25, 0.3) is 0 Å². The predicted molar refractivity (Wildman–Crippen MR) is 122 cm³/mol. The summed E-state index contributed by atoms with van der Waals surface area (Å²) >= 11 is 0. The number of nitrogens with zero attached hydrogens (tertiary/aromatic N) is 4. The van der Waals surface area contributed by atoms with E-state index >= 15 is 0 Å². The molecule has 9 nitrogen and oxygen atoms in total. The van der Waals surface area contributed by atoms with E-state index in [9.17, 15) is 14.4 Å². The molecule has 0 bridgehead atoms. The molecule has 0 saturated carbocycles. The number of morpholine rings is 1. The number of ether oxygens (including phenoxy) is 1. The Hall–Kier alpha value is -2.49. The Morgan fingerprint density at radius 1 is 0.969 bits per heavy atom. The van der Waals surface area contributed by atoms with Gasteiger partial charge in [0, 0.05) is 52.0 Å². The number of carbonyl (C=O) groups excluding carboxylic acids is 3. The normalized spacial score (nSPS) is 17.8. The number of piperazine rings is 1. The Bertz CT molecular complexity index is 817. The van der Waals surface area contributed by atoms with E-state index in [0.29, 0.717) is 45.9 Å². The number of carbonyl (C=O) groups is 3. The van der Waals surface area contributed by atoms with Crippen molar-refractivity contribution in [3.63, 3.8) is 0 Å². The number of likely N-dealkylation sites (N-methyl/N-ethyl adjacent to an activating group) is 1. The highest BCUT2D eigenvalue weighted by molar-refractivity contribution is 5.93. The van der Waals surface area contributed by atoms with E-state index in [-0.39, 0.29) is 30.8 Å². The van der Waals surface area contributed by atoms with Crippen LogP contribution in [0.15, 0.2) is 18.2 Å². The summed E-state index contributed by atoms with van der Waals surface area (Å²) in [6, 6.07) is 5.89. The number of benzene rings is 1. The molecule has 1 aromatic carbocycles. The summed E-state index contributed by atoms with van der Waals surface area (Å²) in [5.74, 6) is -0.124. The second-order valence-corrected chi connectivity index (χ2v) is 8.59. The van der Waals surface area contributed by atoms with Gasteiger partial charge in [0.2, 0.25) is 17.7 Å². The van der Waals surface area contributed by atoms with Gasteiger partial charge in [-0.05, 0) is 31.0 Å². The molecule has 0 unspecified atom stereocenters. The highest BCUT2D eigenvalue weighted by Gasteiger charge is 2.24. The topological polar surface area (TPSA) is 85.4 Å². The number of hydrogen-bond donors (Lipinski definition) is 1. The first-order valence-electron chi connectivity index (χ1n) is 11.2. The van der Waals surface area contributed by atoms with Gasteiger partial charge in [0.15, 0.2) is 0 Å². The van der Waals surface area contributed by atoms with Crippen LogP contribution in [0.5, 0.6) is 0 Å². The SMILES string of the molecule is Cc1cccc(NC(=O)CN2CCN(CC(=O)N(C)CC(=O)N3CCOCC3)CC2)c1C. The van der Waals surface area contributed by atoms with Crippen molar-refractivity contribution < 1.29 is 19.1 Å². The fraction of sp³-hybridized carbons (Fsp3) is 0.609. The van der Waals surface area contributed by atoms with E-state index in [2.05, 4.69) is 15.1 Å². The first kappa shape index (κ1) is 24.2. The van der Waals surface area contributed by atoms with E-state index < -0.39 is 0 Å². The van der Waals surface area contributed by atoms with Gasteiger partial charge in [0.1, 0.15) is 0 Å². The Labute approximate surface area is 190 Å². The Morgan fingerprint density at radius 3 is 2.25 bits per heavy atom. The van der Waals surface area contributed by atoms with Crippen LogP contribution in [0.3, 0.4) is 0 Å². The van der Waals surface area contributed by atoms with Gasteiger partial charge in [-0.3, -0.25) is 24.2 Å². The maximum Gasteiger partial charge on any atom is 0.242 e. The maximum atomic E-state index is 12.6. The minimum Gasteiger partial charge on any atom is -0.378 e. The molecule has 0 spiro atoms. The molecule has 176 valence electrons. The van der Waals surface area contributed by atoms with Gasteiger partial charge in [-0.25, -0.2) is 0 Å². The molecule has 2 aliphatic heterocycles. The summed E-state index contributed by atoms with van der Waals surface area (Å²) < 4.78 is 5.26. The van der Waals surface area contributed by atoms with Crippen molar-refractivity contribution in [1.82, 2.24) is 19.6 Å². The second kappa shape index (κ2) is 11.4. The summed E-state index contributed by atoms with van der Waals surface area (Å²) in [6.07, 6.45) is 0. The molecule has 1 aromatic rings. The number of hydrogen-bond acceptors (Lipinski definition) is 6. The lowest BCUT2D eigenvalue weighted by Gasteiger charge is -2.35. The van der Waals surface area contributed by atoms with E-state index in [0.717, 1.165) is 29.9 Å². The number of aryl methyl sites for hydroxylation is 1. The summed E-state index contributed by atoms with van der Waals surface area (Å²) in [7, 11) is 1.68. The third kappa shape index (κ3) is 6.75. The van der Waals surface area contributed by atoms with E-state index in [1.807, 2.05) is 32.0 Å². The average molecular weight is 446 g/mol. The zero-order valence-corrected chi connectivity index (χ0v) is 19.4. The van der Waals surface area contributed by atoms with Crippen LogP contribution >= 0.6 is 0 Å². The van der Waals surface area contributed by atoms with Crippen LogP contribution in [0.25, 0.3) is 0 Å². The summed E-state index contributed by atoms with van der Waals surface area (Å²) in [6.45, 7) is 9.91. The third-order valence-corrected chi connectivity index (χ3v) is 6.23. The van der Waals surface area contributed by atoms with Gasteiger partial charge in [-0.15, -0.1) is 0 Å². The summed E-state index contributed by atoms with van der Waals surface area (Å²) in [5, 5.41) is 3.00. The molecule has 3 rings (SSSR count). The fourth-order valence-corrected chi connectivity index (χ4v) is 3.90. The summed E-state index contributed by atoms with van der Waals surface area (Å²) in [5.41, 5.74) is 3.09. The Kier molecular flexibility index (Phi) is 8.60. The van der Waals surface area contributed by atoms with Crippen molar-refractivity contribution in [3.8, 4) is 0 Å². The van der Waals surface area contributed by atoms with Crippen molar-refractivity contribution in [1.29, 1.82) is 0 Å². The standard InChI is InChI=1S/C23H35N5O4/c1-18-5-4-6-20(19(18)2)24-21(29)15-26-7-9-27(10-8-26)17-22(30)25(3)16-23(31)28-11-13-32-14-12-28/h4-6H,7-17H2,1-3H3,(H,24,29). The third-order valence-electron chi connectivity index (χ3n) is 6.23. The predicted octanol–water partition coefficient (Wildman–Crippen LogP) is 0.177. The molecule has 2 saturated heterocycles. The van der Waals surface area contributed by atoms with Crippen LogP contribution in [0.1, 0.15) is 11.1 Å².